The van der Waals surface area contributed by atoms with Gasteiger partial charge in [-0.3, -0.25) is 4.68 Å². The number of aryl methyl sites for hydroxylation is 1. The Balaban J connectivity index is 2.05. The van der Waals surface area contributed by atoms with E-state index in [0.29, 0.717) is 12.0 Å². The van der Waals surface area contributed by atoms with Crippen molar-refractivity contribution < 1.29 is 0 Å². The number of hydrogen-bond donors (Lipinski definition) is 1. The van der Waals surface area contributed by atoms with Gasteiger partial charge < -0.3 is 5.32 Å². The SMILES string of the molecule is CC(C)C(C)NCCCn1ccnn1. The fourth-order valence-electron chi connectivity index (χ4n) is 1.16. The molecule has 0 radical (unpaired) electrons. The van der Waals surface area contributed by atoms with Crippen LogP contribution >= 0.6 is 0 Å². The van der Waals surface area contributed by atoms with Gasteiger partial charge in [0, 0.05) is 18.8 Å². The topological polar surface area (TPSA) is 42.7 Å². The van der Waals surface area contributed by atoms with Crippen molar-refractivity contribution in [2.45, 2.75) is 39.8 Å². The second kappa shape index (κ2) is 5.75. The summed E-state index contributed by atoms with van der Waals surface area (Å²) in [6, 6.07) is 0.589. The van der Waals surface area contributed by atoms with E-state index in [0.717, 1.165) is 19.5 Å². The van der Waals surface area contributed by atoms with E-state index in [4.69, 9.17) is 0 Å². The zero-order valence-corrected chi connectivity index (χ0v) is 9.27. The lowest BCUT2D eigenvalue weighted by atomic mass is 10.1. The molecule has 80 valence electrons. The molecular formula is C10H20N4. The third-order valence-electron chi connectivity index (χ3n) is 2.50. The molecule has 0 saturated carbocycles. The number of aromatic nitrogens is 3. The van der Waals surface area contributed by atoms with Gasteiger partial charge in [0.2, 0.25) is 0 Å². The highest BCUT2D eigenvalue weighted by Crippen LogP contribution is 1.99. The Morgan fingerprint density at radius 1 is 1.36 bits per heavy atom. The van der Waals surface area contributed by atoms with Crippen molar-refractivity contribution in [2.75, 3.05) is 6.54 Å². The number of hydrogen-bond acceptors (Lipinski definition) is 3. The normalized spacial score (nSPS) is 13.4. The van der Waals surface area contributed by atoms with Crippen LogP contribution < -0.4 is 5.32 Å². The van der Waals surface area contributed by atoms with Gasteiger partial charge in [-0.1, -0.05) is 19.1 Å². The summed E-state index contributed by atoms with van der Waals surface area (Å²) in [7, 11) is 0. The maximum atomic E-state index is 3.91. The van der Waals surface area contributed by atoms with E-state index in [9.17, 15) is 0 Å². The molecule has 0 aliphatic rings. The summed E-state index contributed by atoms with van der Waals surface area (Å²) in [4.78, 5) is 0. The molecule has 1 rings (SSSR count). The summed E-state index contributed by atoms with van der Waals surface area (Å²) in [6.07, 6.45) is 4.70. The number of rotatable bonds is 6. The molecule has 0 spiro atoms. The lowest BCUT2D eigenvalue weighted by Gasteiger charge is -2.17. The van der Waals surface area contributed by atoms with E-state index in [-0.39, 0.29) is 0 Å². The zero-order valence-electron chi connectivity index (χ0n) is 9.27. The van der Waals surface area contributed by atoms with Gasteiger partial charge in [-0.2, -0.15) is 0 Å². The second-order valence-corrected chi connectivity index (χ2v) is 4.01. The van der Waals surface area contributed by atoms with Gasteiger partial charge in [-0.15, -0.1) is 5.10 Å². The minimum absolute atomic E-state index is 0.589. The molecule has 4 heteroatoms. The van der Waals surface area contributed by atoms with Gasteiger partial charge in [0.1, 0.15) is 0 Å². The highest BCUT2D eigenvalue weighted by molar-refractivity contribution is 4.66. The van der Waals surface area contributed by atoms with E-state index < -0.39 is 0 Å². The van der Waals surface area contributed by atoms with Crippen LogP contribution in [0.15, 0.2) is 12.4 Å². The van der Waals surface area contributed by atoms with Crippen LogP contribution in [0, 0.1) is 5.92 Å². The summed E-state index contributed by atoms with van der Waals surface area (Å²) in [5.41, 5.74) is 0. The Morgan fingerprint density at radius 2 is 2.14 bits per heavy atom. The molecule has 1 atom stereocenters. The molecule has 1 N–H and O–H groups in total. The van der Waals surface area contributed by atoms with Crippen molar-refractivity contribution in [2.24, 2.45) is 5.92 Å². The summed E-state index contributed by atoms with van der Waals surface area (Å²) in [5.74, 6) is 0.696. The molecule has 1 aromatic heterocycles. The third-order valence-corrected chi connectivity index (χ3v) is 2.50. The minimum atomic E-state index is 0.589. The Labute approximate surface area is 85.7 Å². The van der Waals surface area contributed by atoms with Crippen LogP contribution in [0.2, 0.25) is 0 Å². The van der Waals surface area contributed by atoms with Gasteiger partial charge in [-0.05, 0) is 25.8 Å². The van der Waals surface area contributed by atoms with Crippen LogP contribution in [0.1, 0.15) is 27.2 Å². The molecule has 14 heavy (non-hydrogen) atoms. The second-order valence-electron chi connectivity index (χ2n) is 4.01. The molecule has 1 aromatic rings. The largest absolute Gasteiger partial charge is 0.314 e. The highest BCUT2D eigenvalue weighted by Gasteiger charge is 2.04. The van der Waals surface area contributed by atoms with Gasteiger partial charge >= 0.3 is 0 Å². The predicted octanol–water partition coefficient (Wildman–Crippen LogP) is 1.30. The molecule has 4 nitrogen and oxygen atoms in total. The van der Waals surface area contributed by atoms with Gasteiger partial charge in [0.05, 0.1) is 6.20 Å². The molecule has 0 amide bonds. The van der Waals surface area contributed by atoms with Crippen LogP contribution in [-0.4, -0.2) is 27.6 Å². The van der Waals surface area contributed by atoms with Crippen molar-refractivity contribution in [1.82, 2.24) is 20.3 Å². The lowest BCUT2D eigenvalue weighted by molar-refractivity contribution is 0.413. The van der Waals surface area contributed by atoms with Gasteiger partial charge in [-0.25, -0.2) is 0 Å². The van der Waals surface area contributed by atoms with E-state index in [1.165, 1.54) is 0 Å². The van der Waals surface area contributed by atoms with Gasteiger partial charge in [0.25, 0.3) is 0 Å². The van der Waals surface area contributed by atoms with Gasteiger partial charge in [0.15, 0.2) is 0 Å². The molecule has 1 heterocycles. The maximum absolute atomic E-state index is 3.91. The molecule has 0 aromatic carbocycles. The molecular weight excluding hydrogens is 176 g/mol. The lowest BCUT2D eigenvalue weighted by Crippen LogP contribution is -2.31. The standard InChI is InChI=1S/C10H20N4/c1-9(2)10(3)11-5-4-7-14-8-6-12-13-14/h6,8-11H,4-5,7H2,1-3H3. The first-order valence-electron chi connectivity index (χ1n) is 5.27. The Bertz CT molecular complexity index is 230. The zero-order chi connectivity index (χ0) is 10.4. The first-order valence-corrected chi connectivity index (χ1v) is 5.27. The summed E-state index contributed by atoms with van der Waals surface area (Å²) in [6.45, 7) is 8.67. The van der Waals surface area contributed by atoms with E-state index in [2.05, 4.69) is 36.4 Å². The van der Waals surface area contributed by atoms with Crippen molar-refractivity contribution >= 4 is 0 Å². The first-order chi connectivity index (χ1) is 6.70. The minimum Gasteiger partial charge on any atom is -0.314 e. The monoisotopic (exact) mass is 196 g/mol. The highest BCUT2D eigenvalue weighted by atomic mass is 15.4. The Morgan fingerprint density at radius 3 is 2.71 bits per heavy atom. The average molecular weight is 196 g/mol. The summed E-state index contributed by atoms with van der Waals surface area (Å²) in [5, 5.41) is 11.1. The van der Waals surface area contributed by atoms with Crippen LogP contribution in [0.4, 0.5) is 0 Å². The third kappa shape index (κ3) is 3.87. The van der Waals surface area contributed by atoms with Crippen LogP contribution in [0.25, 0.3) is 0 Å². The Kier molecular flexibility index (Phi) is 4.59. The molecule has 0 fully saturated rings. The number of nitrogens with zero attached hydrogens (tertiary/aromatic N) is 3. The van der Waals surface area contributed by atoms with Crippen LogP contribution in [0.5, 0.6) is 0 Å². The molecule has 0 bridgehead atoms. The molecule has 0 saturated heterocycles. The smallest absolute Gasteiger partial charge is 0.0692 e. The first kappa shape index (κ1) is 11.2. The molecule has 1 unspecified atom stereocenters. The van der Waals surface area contributed by atoms with Crippen molar-refractivity contribution in [3.63, 3.8) is 0 Å². The Hall–Kier alpha value is -0.900. The average Bonchev–Trinajstić information content (AvgIpc) is 2.64. The quantitative estimate of drug-likeness (QED) is 0.697. The maximum Gasteiger partial charge on any atom is 0.0692 e. The van der Waals surface area contributed by atoms with Crippen LogP contribution in [0.3, 0.4) is 0 Å². The fraction of sp³-hybridized carbons (Fsp3) is 0.800. The summed E-state index contributed by atoms with van der Waals surface area (Å²) < 4.78 is 1.86. The molecule has 0 aliphatic heterocycles. The van der Waals surface area contributed by atoms with Crippen molar-refractivity contribution in [1.29, 1.82) is 0 Å². The van der Waals surface area contributed by atoms with E-state index >= 15 is 0 Å². The van der Waals surface area contributed by atoms with E-state index in [1.807, 2.05) is 10.9 Å². The van der Waals surface area contributed by atoms with Crippen molar-refractivity contribution in [3.8, 4) is 0 Å². The van der Waals surface area contributed by atoms with Crippen molar-refractivity contribution in [3.05, 3.63) is 12.4 Å². The van der Waals surface area contributed by atoms with E-state index in [1.54, 1.807) is 6.20 Å². The summed E-state index contributed by atoms with van der Waals surface area (Å²) >= 11 is 0. The van der Waals surface area contributed by atoms with Crippen LogP contribution in [-0.2, 0) is 6.54 Å². The number of nitrogens with one attached hydrogen (secondary N) is 1. The predicted molar refractivity (Wildman–Crippen MR) is 56.9 cm³/mol. The molecule has 0 aliphatic carbocycles. The fourth-order valence-corrected chi connectivity index (χ4v) is 1.16.